The molecule has 0 bridgehead atoms. The van der Waals surface area contributed by atoms with Gasteiger partial charge in [-0.25, -0.2) is 4.39 Å². The molecule has 264 valence electrons. The highest BCUT2D eigenvalue weighted by atomic mass is 19.1. The van der Waals surface area contributed by atoms with Crippen molar-refractivity contribution in [2.24, 2.45) is 0 Å². The number of hydrogen-bond acceptors (Lipinski definition) is 8. The third-order valence-corrected chi connectivity index (χ3v) is 9.78. The summed E-state index contributed by atoms with van der Waals surface area (Å²) in [6.07, 6.45) is 12.3. The van der Waals surface area contributed by atoms with Crippen LogP contribution in [0.25, 0.3) is 0 Å². The molecule has 3 aliphatic rings. The molecule has 3 aliphatic heterocycles. The van der Waals surface area contributed by atoms with Gasteiger partial charge in [-0.3, -0.25) is 34.2 Å². The van der Waals surface area contributed by atoms with Crippen molar-refractivity contribution in [1.82, 2.24) is 20.4 Å². The summed E-state index contributed by atoms with van der Waals surface area (Å²) < 4.78 is 19.2. The van der Waals surface area contributed by atoms with E-state index in [1.54, 1.807) is 18.2 Å². The molecule has 49 heavy (non-hydrogen) atoms. The molecule has 11 nitrogen and oxygen atoms in total. The fraction of sp³-hybridized carbons (Fsp3) is 0.541. The molecule has 0 aromatic heterocycles. The third-order valence-electron chi connectivity index (χ3n) is 9.78. The first-order chi connectivity index (χ1) is 23.8. The summed E-state index contributed by atoms with van der Waals surface area (Å²) in [5, 5.41) is 8.53. The number of piperidine rings is 2. The number of nitrogens with zero attached hydrogens (tertiary/aromatic N) is 2. The van der Waals surface area contributed by atoms with Crippen LogP contribution < -0.4 is 20.7 Å². The summed E-state index contributed by atoms with van der Waals surface area (Å²) in [6, 6.07) is 8.41. The Balaban J connectivity index is 0.885. The monoisotopic (exact) mass is 677 g/mol. The van der Waals surface area contributed by atoms with Crippen LogP contribution in [0.4, 0.5) is 10.1 Å². The van der Waals surface area contributed by atoms with Crippen LogP contribution in [0.15, 0.2) is 36.4 Å². The lowest BCUT2D eigenvalue weighted by molar-refractivity contribution is -0.136. The van der Waals surface area contributed by atoms with Gasteiger partial charge in [0.05, 0.1) is 23.8 Å². The number of methoxy groups -OCH3 is 1. The molecule has 3 heterocycles. The molecule has 0 radical (unpaired) electrons. The summed E-state index contributed by atoms with van der Waals surface area (Å²) >= 11 is 0. The third kappa shape index (κ3) is 9.23. The van der Waals surface area contributed by atoms with Crippen molar-refractivity contribution < 1.29 is 33.1 Å². The molecular formula is C37H48FN5O6. The van der Waals surface area contributed by atoms with Gasteiger partial charge in [-0.15, -0.1) is 0 Å². The summed E-state index contributed by atoms with van der Waals surface area (Å²) in [7, 11) is 1.49. The summed E-state index contributed by atoms with van der Waals surface area (Å²) in [5.41, 5.74) is 1.21. The molecule has 3 N–H and O–H groups in total. The SMILES string of the molecule is COc1ccc(F)c(C(=O)NC2CCN(CCCCCCCCCCCNc3cccc4c3C(=O)N(C3CCC(=O)NC3=O)C4=O)CC2)c1. The Morgan fingerprint density at radius 3 is 2.29 bits per heavy atom. The second-order valence-corrected chi connectivity index (χ2v) is 13.2. The number of likely N-dealkylation sites (tertiary alicyclic amines) is 1. The average molecular weight is 678 g/mol. The van der Waals surface area contributed by atoms with Crippen molar-refractivity contribution in [3.63, 3.8) is 0 Å². The zero-order chi connectivity index (χ0) is 34.8. The molecule has 12 heteroatoms. The van der Waals surface area contributed by atoms with E-state index in [9.17, 15) is 28.4 Å². The molecule has 2 fully saturated rings. The van der Waals surface area contributed by atoms with Gasteiger partial charge in [-0.1, -0.05) is 51.0 Å². The van der Waals surface area contributed by atoms with Gasteiger partial charge in [0.15, 0.2) is 0 Å². The number of carbonyl (C=O) groups is 5. The Kier molecular flexibility index (Phi) is 12.8. The Morgan fingerprint density at radius 2 is 1.59 bits per heavy atom. The molecular weight excluding hydrogens is 629 g/mol. The molecule has 1 atom stereocenters. The highest BCUT2D eigenvalue weighted by Crippen LogP contribution is 2.32. The first-order valence-electron chi connectivity index (χ1n) is 17.7. The lowest BCUT2D eigenvalue weighted by Gasteiger charge is -2.32. The van der Waals surface area contributed by atoms with E-state index in [0.29, 0.717) is 23.5 Å². The maximum absolute atomic E-state index is 14.1. The van der Waals surface area contributed by atoms with Crippen LogP contribution in [0.1, 0.15) is 115 Å². The van der Waals surface area contributed by atoms with Gasteiger partial charge in [-0.2, -0.15) is 0 Å². The molecule has 0 spiro atoms. The lowest BCUT2D eigenvalue weighted by Crippen LogP contribution is -2.54. The summed E-state index contributed by atoms with van der Waals surface area (Å²) in [5.74, 6) is -2.46. The average Bonchev–Trinajstić information content (AvgIpc) is 3.35. The first-order valence-corrected chi connectivity index (χ1v) is 17.7. The number of rotatable bonds is 17. The van der Waals surface area contributed by atoms with Gasteiger partial charge in [0, 0.05) is 37.8 Å². The zero-order valence-electron chi connectivity index (χ0n) is 28.4. The standard InChI is InChI=1S/C37H48FN5O6/c1-49-26-14-15-29(38)28(24-26)34(45)40-25-18-22-42(23-19-25)21-10-8-6-4-2-3-5-7-9-20-39-30-13-11-12-27-33(30)37(48)43(36(27)47)31-16-17-32(44)41-35(31)46/h11-15,24-25,31,39H,2-10,16-23H2,1H3,(H,40,45)(H,41,44,46). The van der Waals surface area contributed by atoms with Crippen LogP contribution in [-0.4, -0.2) is 84.7 Å². The molecule has 0 saturated carbocycles. The molecule has 5 rings (SSSR count). The first kappa shape index (κ1) is 36.0. The van der Waals surface area contributed by atoms with E-state index in [1.807, 2.05) is 0 Å². The van der Waals surface area contributed by atoms with E-state index in [2.05, 4.69) is 20.9 Å². The number of benzene rings is 2. The van der Waals surface area contributed by atoms with E-state index in [0.717, 1.165) is 56.6 Å². The van der Waals surface area contributed by atoms with Crippen LogP contribution in [0.2, 0.25) is 0 Å². The van der Waals surface area contributed by atoms with Crippen LogP contribution in [0, 0.1) is 5.82 Å². The normalized spacial score (nSPS) is 18.4. The number of fused-ring (bicyclic) bond motifs is 1. The Labute approximate surface area is 287 Å². The van der Waals surface area contributed by atoms with Gasteiger partial charge in [-0.05, 0) is 69.0 Å². The quantitative estimate of drug-likeness (QED) is 0.156. The number of halogens is 1. The van der Waals surface area contributed by atoms with E-state index >= 15 is 0 Å². The minimum Gasteiger partial charge on any atom is -0.497 e. The minimum atomic E-state index is -0.968. The van der Waals surface area contributed by atoms with Gasteiger partial charge in [0.25, 0.3) is 17.7 Å². The summed E-state index contributed by atoms with van der Waals surface area (Å²) in [4.78, 5) is 66.1. The molecule has 5 amide bonds. The zero-order valence-corrected chi connectivity index (χ0v) is 28.4. The fourth-order valence-electron chi connectivity index (χ4n) is 6.95. The molecule has 2 aromatic rings. The van der Waals surface area contributed by atoms with E-state index in [-0.39, 0.29) is 35.9 Å². The number of ether oxygens (including phenoxy) is 1. The van der Waals surface area contributed by atoms with Crippen LogP contribution in [0.3, 0.4) is 0 Å². The molecule has 2 aromatic carbocycles. The van der Waals surface area contributed by atoms with Crippen molar-refractivity contribution in [1.29, 1.82) is 0 Å². The predicted molar refractivity (Wildman–Crippen MR) is 183 cm³/mol. The Bertz CT molecular complexity index is 1520. The van der Waals surface area contributed by atoms with Gasteiger partial charge in [0.1, 0.15) is 17.6 Å². The second kappa shape index (κ2) is 17.4. The predicted octanol–water partition coefficient (Wildman–Crippen LogP) is 5.05. The highest BCUT2D eigenvalue weighted by Gasteiger charge is 2.45. The Hall–Kier alpha value is -4.32. The van der Waals surface area contributed by atoms with Crippen molar-refractivity contribution in [2.75, 3.05) is 38.6 Å². The topological polar surface area (TPSA) is 137 Å². The lowest BCUT2D eigenvalue weighted by atomic mass is 10.0. The number of carbonyl (C=O) groups excluding carboxylic acids is 5. The molecule has 1 unspecified atom stereocenters. The van der Waals surface area contributed by atoms with Crippen molar-refractivity contribution in [3.8, 4) is 5.75 Å². The second-order valence-electron chi connectivity index (χ2n) is 13.2. The summed E-state index contributed by atoms with van der Waals surface area (Å²) in [6.45, 7) is 3.61. The van der Waals surface area contributed by atoms with Crippen molar-refractivity contribution in [3.05, 3.63) is 58.9 Å². The molecule has 2 saturated heterocycles. The van der Waals surface area contributed by atoms with Crippen molar-refractivity contribution >= 4 is 35.2 Å². The fourth-order valence-corrected chi connectivity index (χ4v) is 6.95. The number of anilines is 1. The maximum Gasteiger partial charge on any atom is 0.264 e. The van der Waals surface area contributed by atoms with Crippen LogP contribution >= 0.6 is 0 Å². The molecule has 0 aliphatic carbocycles. The van der Waals surface area contributed by atoms with Crippen LogP contribution in [0.5, 0.6) is 5.75 Å². The Morgan fingerprint density at radius 1 is 0.898 bits per heavy atom. The van der Waals surface area contributed by atoms with Gasteiger partial charge < -0.3 is 20.3 Å². The van der Waals surface area contributed by atoms with E-state index < -0.39 is 35.5 Å². The maximum atomic E-state index is 14.1. The number of hydrogen-bond donors (Lipinski definition) is 3. The smallest absolute Gasteiger partial charge is 0.264 e. The minimum absolute atomic E-state index is 0.0193. The van der Waals surface area contributed by atoms with E-state index in [1.165, 1.54) is 63.8 Å². The number of imide groups is 2. The largest absolute Gasteiger partial charge is 0.497 e. The highest BCUT2D eigenvalue weighted by molar-refractivity contribution is 6.25. The number of amides is 5. The number of unbranched alkanes of at least 4 members (excludes halogenated alkanes) is 8. The number of nitrogens with one attached hydrogen (secondary N) is 3. The van der Waals surface area contributed by atoms with Gasteiger partial charge >= 0.3 is 0 Å². The van der Waals surface area contributed by atoms with Gasteiger partial charge in [0.2, 0.25) is 11.8 Å². The van der Waals surface area contributed by atoms with E-state index in [4.69, 9.17) is 4.74 Å². The van der Waals surface area contributed by atoms with Crippen molar-refractivity contribution in [2.45, 2.75) is 95.6 Å². The van der Waals surface area contributed by atoms with Crippen LogP contribution in [-0.2, 0) is 9.59 Å².